The third-order valence-corrected chi connectivity index (χ3v) is 3.26. The van der Waals surface area contributed by atoms with Crippen molar-refractivity contribution in [3.05, 3.63) is 0 Å². The first-order valence-electron chi connectivity index (χ1n) is 3.40. The van der Waals surface area contributed by atoms with Gasteiger partial charge >= 0.3 is 5.97 Å². The van der Waals surface area contributed by atoms with Gasteiger partial charge in [-0.3, -0.25) is 9.00 Å². The summed E-state index contributed by atoms with van der Waals surface area (Å²) in [6.45, 7) is 3.50. The van der Waals surface area contributed by atoms with Crippen LogP contribution in [-0.2, 0) is 20.3 Å². The Bertz CT molecular complexity index is 167. The molecule has 3 unspecified atom stereocenters. The fourth-order valence-electron chi connectivity index (χ4n) is 0.665. The first-order chi connectivity index (χ1) is 5.00. The lowest BCUT2D eigenvalue weighted by molar-refractivity contribution is -0.144. The predicted octanol–water partition coefficient (Wildman–Crippen LogP) is 0.562. The Morgan fingerprint density at radius 2 is 1.91 bits per heavy atom. The fourth-order valence-corrected chi connectivity index (χ4v) is 1.35. The topological polar surface area (TPSA) is 43.4 Å². The summed E-state index contributed by atoms with van der Waals surface area (Å²) in [5.74, 6) is -0.585. The van der Waals surface area contributed by atoms with Gasteiger partial charge in [0, 0.05) is 22.3 Å². The molecule has 3 nitrogen and oxygen atoms in total. The average Bonchev–Trinajstić information content (AvgIpc) is 2.00. The first kappa shape index (κ1) is 10.6. The summed E-state index contributed by atoms with van der Waals surface area (Å²) in [6.07, 6.45) is 1.59. The molecule has 0 aliphatic rings. The van der Waals surface area contributed by atoms with Gasteiger partial charge in [0.25, 0.3) is 0 Å². The molecule has 0 fully saturated rings. The minimum Gasteiger partial charge on any atom is -0.469 e. The van der Waals surface area contributed by atoms with Gasteiger partial charge in [-0.2, -0.15) is 0 Å². The standard InChI is InChI=1S/C7H14O3S/c1-5(7(8)10-3)6(2)11(4)9/h5-6H,1-4H3. The highest BCUT2D eigenvalue weighted by Gasteiger charge is 2.23. The van der Waals surface area contributed by atoms with E-state index >= 15 is 0 Å². The molecule has 0 rings (SSSR count). The minimum atomic E-state index is -0.963. The zero-order valence-electron chi connectivity index (χ0n) is 7.29. The molecule has 66 valence electrons. The Kier molecular flexibility index (Phi) is 4.33. The molecule has 0 aromatic rings. The molecule has 0 bridgehead atoms. The van der Waals surface area contributed by atoms with Crippen LogP contribution in [0.2, 0.25) is 0 Å². The highest BCUT2D eigenvalue weighted by atomic mass is 32.2. The smallest absolute Gasteiger partial charge is 0.309 e. The molecule has 0 spiro atoms. The highest BCUT2D eigenvalue weighted by molar-refractivity contribution is 7.84. The second-order valence-corrected chi connectivity index (χ2v) is 4.26. The van der Waals surface area contributed by atoms with E-state index in [4.69, 9.17) is 0 Å². The summed E-state index contributed by atoms with van der Waals surface area (Å²) in [6, 6.07) is 0. The van der Waals surface area contributed by atoms with E-state index in [1.165, 1.54) is 7.11 Å². The Morgan fingerprint density at radius 3 is 2.18 bits per heavy atom. The molecule has 11 heavy (non-hydrogen) atoms. The molecule has 0 heterocycles. The van der Waals surface area contributed by atoms with Crippen molar-refractivity contribution in [2.75, 3.05) is 13.4 Å². The summed E-state index contributed by atoms with van der Waals surface area (Å²) in [4.78, 5) is 10.9. The van der Waals surface area contributed by atoms with Gasteiger partial charge in [0.15, 0.2) is 0 Å². The number of carbonyl (C=O) groups excluding carboxylic acids is 1. The monoisotopic (exact) mass is 178 g/mol. The number of ether oxygens (including phenoxy) is 1. The molecular formula is C7H14O3S. The third kappa shape index (κ3) is 3.01. The van der Waals surface area contributed by atoms with Gasteiger partial charge in [0.2, 0.25) is 0 Å². The molecule has 0 amide bonds. The lowest BCUT2D eigenvalue weighted by Crippen LogP contribution is -2.27. The van der Waals surface area contributed by atoms with Gasteiger partial charge in [-0.25, -0.2) is 0 Å². The number of hydrogen-bond acceptors (Lipinski definition) is 3. The van der Waals surface area contributed by atoms with Gasteiger partial charge < -0.3 is 4.74 Å². The van der Waals surface area contributed by atoms with Gasteiger partial charge in [0.05, 0.1) is 13.0 Å². The van der Waals surface area contributed by atoms with Crippen LogP contribution in [0.1, 0.15) is 13.8 Å². The molecule has 4 heteroatoms. The van der Waals surface area contributed by atoms with Crippen molar-refractivity contribution >= 4 is 16.8 Å². The van der Waals surface area contributed by atoms with Crippen molar-refractivity contribution in [1.82, 2.24) is 0 Å². The van der Waals surface area contributed by atoms with Crippen molar-refractivity contribution in [2.45, 2.75) is 19.1 Å². The normalized spacial score (nSPS) is 18.5. The molecule has 0 N–H and O–H groups in total. The van der Waals surface area contributed by atoms with Crippen molar-refractivity contribution in [3.63, 3.8) is 0 Å². The summed E-state index contributed by atoms with van der Waals surface area (Å²) < 4.78 is 15.4. The summed E-state index contributed by atoms with van der Waals surface area (Å²) in [5, 5.41) is -0.137. The molecule has 0 aromatic heterocycles. The number of rotatable bonds is 3. The van der Waals surface area contributed by atoms with Crippen LogP contribution in [0.4, 0.5) is 0 Å². The number of carbonyl (C=O) groups is 1. The quantitative estimate of drug-likeness (QED) is 0.593. The minimum absolute atomic E-state index is 0.137. The van der Waals surface area contributed by atoms with Crippen LogP contribution in [0.25, 0.3) is 0 Å². The highest BCUT2D eigenvalue weighted by Crippen LogP contribution is 2.09. The van der Waals surface area contributed by atoms with Crippen LogP contribution in [-0.4, -0.2) is 28.8 Å². The molecule has 0 saturated heterocycles. The van der Waals surface area contributed by atoms with Crippen molar-refractivity contribution < 1.29 is 13.7 Å². The van der Waals surface area contributed by atoms with Crippen molar-refractivity contribution in [1.29, 1.82) is 0 Å². The Hall–Kier alpha value is -0.380. The lowest BCUT2D eigenvalue weighted by Gasteiger charge is -2.14. The largest absolute Gasteiger partial charge is 0.469 e. The van der Waals surface area contributed by atoms with Crippen molar-refractivity contribution in [3.8, 4) is 0 Å². The van der Waals surface area contributed by atoms with Crippen LogP contribution in [0.5, 0.6) is 0 Å². The maximum absolute atomic E-state index is 10.9. The first-order valence-corrected chi connectivity index (χ1v) is 5.03. The van der Waals surface area contributed by atoms with Gasteiger partial charge in [0.1, 0.15) is 0 Å². The zero-order chi connectivity index (χ0) is 9.02. The van der Waals surface area contributed by atoms with Gasteiger partial charge in [-0.1, -0.05) is 6.92 Å². The number of methoxy groups -OCH3 is 1. The summed E-state index contributed by atoms with van der Waals surface area (Å²) in [7, 11) is 0.374. The summed E-state index contributed by atoms with van der Waals surface area (Å²) >= 11 is 0. The molecule has 0 aromatic carbocycles. The molecule has 3 atom stereocenters. The fraction of sp³-hybridized carbons (Fsp3) is 0.857. The number of esters is 1. The van der Waals surface area contributed by atoms with E-state index in [2.05, 4.69) is 4.74 Å². The molecule has 0 aliphatic heterocycles. The molecule has 0 radical (unpaired) electrons. The van der Waals surface area contributed by atoms with Crippen LogP contribution in [0.3, 0.4) is 0 Å². The molecular weight excluding hydrogens is 164 g/mol. The van der Waals surface area contributed by atoms with E-state index in [9.17, 15) is 9.00 Å². The lowest BCUT2D eigenvalue weighted by atomic mass is 10.1. The Labute approximate surface area is 69.6 Å². The van der Waals surface area contributed by atoms with E-state index in [1.54, 1.807) is 20.1 Å². The third-order valence-electron chi connectivity index (χ3n) is 1.80. The predicted molar refractivity (Wildman–Crippen MR) is 44.7 cm³/mol. The van der Waals surface area contributed by atoms with Crippen LogP contribution < -0.4 is 0 Å². The second-order valence-electron chi connectivity index (χ2n) is 2.52. The van der Waals surface area contributed by atoms with E-state index in [0.29, 0.717) is 0 Å². The second kappa shape index (κ2) is 4.49. The zero-order valence-corrected chi connectivity index (χ0v) is 8.10. The van der Waals surface area contributed by atoms with Crippen LogP contribution in [0.15, 0.2) is 0 Å². The Morgan fingerprint density at radius 1 is 1.45 bits per heavy atom. The molecule has 0 aliphatic carbocycles. The molecule has 0 saturated carbocycles. The van der Waals surface area contributed by atoms with Crippen LogP contribution >= 0.6 is 0 Å². The van der Waals surface area contributed by atoms with E-state index < -0.39 is 10.8 Å². The van der Waals surface area contributed by atoms with E-state index in [1.807, 2.05) is 0 Å². The SMILES string of the molecule is COC(=O)C(C)C(C)S(C)=O. The maximum atomic E-state index is 10.9. The van der Waals surface area contributed by atoms with Crippen LogP contribution in [0, 0.1) is 5.92 Å². The summed E-state index contributed by atoms with van der Waals surface area (Å²) in [5.41, 5.74) is 0. The Balaban J connectivity index is 4.12. The van der Waals surface area contributed by atoms with Gasteiger partial charge in [-0.15, -0.1) is 0 Å². The van der Waals surface area contributed by atoms with E-state index in [0.717, 1.165) is 0 Å². The maximum Gasteiger partial charge on any atom is 0.309 e. The number of hydrogen-bond donors (Lipinski definition) is 0. The average molecular weight is 178 g/mol. The van der Waals surface area contributed by atoms with Crippen molar-refractivity contribution in [2.24, 2.45) is 5.92 Å². The van der Waals surface area contributed by atoms with Gasteiger partial charge in [-0.05, 0) is 6.92 Å². The van der Waals surface area contributed by atoms with E-state index in [-0.39, 0.29) is 17.1 Å².